The van der Waals surface area contributed by atoms with Gasteiger partial charge in [0.05, 0.1) is 6.54 Å². The maximum Gasteiger partial charge on any atom is 0.203 e. The second-order valence-electron chi connectivity index (χ2n) is 7.08. The molecule has 0 spiro atoms. The SMILES string of the molecule is CC(C)c1nsc(Sc2nnc(CN3CCCCC3)n2-c2ccccc2)n1. The van der Waals surface area contributed by atoms with Gasteiger partial charge in [0, 0.05) is 11.6 Å². The fraction of sp³-hybridized carbons (Fsp3) is 0.474. The lowest BCUT2D eigenvalue weighted by Crippen LogP contribution is -2.30. The van der Waals surface area contributed by atoms with Gasteiger partial charge in [-0.05, 0) is 61.4 Å². The Morgan fingerprint density at radius 2 is 1.85 bits per heavy atom. The van der Waals surface area contributed by atoms with Gasteiger partial charge in [0.2, 0.25) is 5.16 Å². The van der Waals surface area contributed by atoms with Crippen molar-refractivity contribution < 1.29 is 0 Å². The Hall–Kier alpha value is -1.77. The van der Waals surface area contributed by atoms with Gasteiger partial charge in [0.25, 0.3) is 0 Å². The van der Waals surface area contributed by atoms with Gasteiger partial charge in [0.1, 0.15) is 5.82 Å². The minimum atomic E-state index is 0.331. The summed E-state index contributed by atoms with van der Waals surface area (Å²) in [6.07, 6.45) is 3.87. The monoisotopic (exact) mass is 400 g/mol. The smallest absolute Gasteiger partial charge is 0.203 e. The van der Waals surface area contributed by atoms with Gasteiger partial charge in [0.15, 0.2) is 10.2 Å². The molecule has 1 fully saturated rings. The maximum atomic E-state index is 4.64. The molecule has 8 heteroatoms. The second-order valence-corrected chi connectivity index (χ2v) is 9.05. The number of aromatic nitrogens is 5. The molecule has 0 N–H and O–H groups in total. The Kier molecular flexibility index (Phi) is 5.85. The number of rotatable bonds is 6. The molecule has 0 amide bonds. The van der Waals surface area contributed by atoms with E-state index in [9.17, 15) is 0 Å². The van der Waals surface area contributed by atoms with E-state index in [1.54, 1.807) is 11.8 Å². The lowest BCUT2D eigenvalue weighted by molar-refractivity contribution is 0.214. The number of nitrogens with zero attached hydrogens (tertiary/aromatic N) is 6. The predicted octanol–water partition coefficient (Wildman–Crippen LogP) is 4.38. The highest BCUT2D eigenvalue weighted by molar-refractivity contribution is 8.00. The zero-order valence-corrected chi connectivity index (χ0v) is 17.3. The molecule has 1 aromatic carbocycles. The van der Waals surface area contributed by atoms with Crippen LogP contribution in [-0.4, -0.2) is 42.1 Å². The Morgan fingerprint density at radius 1 is 1.07 bits per heavy atom. The first-order valence-electron chi connectivity index (χ1n) is 9.44. The van der Waals surface area contributed by atoms with Gasteiger partial charge >= 0.3 is 0 Å². The van der Waals surface area contributed by atoms with E-state index in [0.29, 0.717) is 5.92 Å². The molecule has 0 bridgehead atoms. The number of para-hydroxylation sites is 1. The Labute approximate surface area is 168 Å². The van der Waals surface area contributed by atoms with Crippen LogP contribution in [0.4, 0.5) is 0 Å². The zero-order chi connectivity index (χ0) is 18.6. The van der Waals surface area contributed by atoms with Crippen LogP contribution in [0.2, 0.25) is 0 Å². The third-order valence-corrected chi connectivity index (χ3v) is 6.36. The molecule has 0 saturated carbocycles. The first-order chi connectivity index (χ1) is 13.2. The number of benzene rings is 1. The summed E-state index contributed by atoms with van der Waals surface area (Å²) < 4.78 is 7.53. The Balaban J connectivity index is 1.64. The molecular weight excluding hydrogens is 376 g/mol. The Bertz CT molecular complexity index is 867. The first kappa shape index (κ1) is 18.6. The summed E-state index contributed by atoms with van der Waals surface area (Å²) in [6, 6.07) is 10.3. The van der Waals surface area contributed by atoms with Crippen molar-refractivity contribution in [2.75, 3.05) is 13.1 Å². The van der Waals surface area contributed by atoms with Crippen LogP contribution in [0, 0.1) is 0 Å². The van der Waals surface area contributed by atoms with Crippen molar-refractivity contribution in [3.8, 4) is 5.69 Å². The molecular formula is C19H24N6S2. The van der Waals surface area contributed by atoms with Gasteiger partial charge in [-0.3, -0.25) is 9.47 Å². The highest BCUT2D eigenvalue weighted by Gasteiger charge is 2.20. The molecule has 4 rings (SSSR count). The molecule has 2 aromatic heterocycles. The summed E-state index contributed by atoms with van der Waals surface area (Å²) in [4.78, 5) is 7.12. The van der Waals surface area contributed by atoms with Crippen LogP contribution >= 0.6 is 23.3 Å². The highest BCUT2D eigenvalue weighted by Crippen LogP contribution is 2.31. The number of piperidine rings is 1. The van der Waals surface area contributed by atoms with Gasteiger partial charge in [-0.25, -0.2) is 4.98 Å². The first-order valence-corrected chi connectivity index (χ1v) is 11.0. The van der Waals surface area contributed by atoms with Crippen molar-refractivity contribution >= 4 is 23.3 Å². The topological polar surface area (TPSA) is 59.7 Å². The average molecular weight is 401 g/mol. The summed E-state index contributed by atoms with van der Waals surface area (Å²) in [5.74, 6) is 2.21. The number of hydrogen-bond acceptors (Lipinski definition) is 7. The van der Waals surface area contributed by atoms with E-state index < -0.39 is 0 Å². The summed E-state index contributed by atoms with van der Waals surface area (Å²) >= 11 is 2.98. The number of hydrogen-bond donors (Lipinski definition) is 0. The molecule has 3 heterocycles. The van der Waals surface area contributed by atoms with Crippen molar-refractivity contribution in [3.63, 3.8) is 0 Å². The fourth-order valence-corrected chi connectivity index (χ4v) is 4.92. The normalized spacial score (nSPS) is 15.5. The average Bonchev–Trinajstić information content (AvgIpc) is 3.31. The number of likely N-dealkylation sites (tertiary alicyclic amines) is 1. The van der Waals surface area contributed by atoms with E-state index in [0.717, 1.165) is 46.5 Å². The lowest BCUT2D eigenvalue weighted by atomic mass is 10.1. The van der Waals surface area contributed by atoms with E-state index in [-0.39, 0.29) is 0 Å². The standard InChI is InChI=1S/C19H24N6S2/c1-14(2)17-20-19(27-23-17)26-18-22-21-16(13-24-11-7-4-8-12-24)25(18)15-9-5-3-6-10-15/h3,5-6,9-10,14H,4,7-8,11-13H2,1-2H3. The minimum absolute atomic E-state index is 0.331. The van der Waals surface area contributed by atoms with Gasteiger partial charge in [-0.2, -0.15) is 4.37 Å². The zero-order valence-electron chi connectivity index (χ0n) is 15.7. The molecule has 1 saturated heterocycles. The molecule has 3 aromatic rings. The van der Waals surface area contributed by atoms with Crippen molar-refractivity contribution in [2.24, 2.45) is 0 Å². The maximum absolute atomic E-state index is 4.64. The van der Waals surface area contributed by atoms with Crippen LogP contribution < -0.4 is 0 Å². The van der Waals surface area contributed by atoms with Crippen molar-refractivity contribution in [1.82, 2.24) is 29.0 Å². The molecule has 27 heavy (non-hydrogen) atoms. The van der Waals surface area contributed by atoms with Gasteiger partial charge < -0.3 is 0 Å². The quantitative estimate of drug-likeness (QED) is 0.612. The summed E-state index contributed by atoms with van der Waals surface area (Å²) in [7, 11) is 0. The molecule has 142 valence electrons. The molecule has 0 unspecified atom stereocenters. The van der Waals surface area contributed by atoms with E-state index in [2.05, 4.69) is 67.1 Å². The molecule has 0 radical (unpaired) electrons. The van der Waals surface area contributed by atoms with Crippen molar-refractivity contribution in [1.29, 1.82) is 0 Å². The van der Waals surface area contributed by atoms with Crippen LogP contribution in [0.25, 0.3) is 5.69 Å². The molecule has 1 aliphatic heterocycles. The molecule has 6 nitrogen and oxygen atoms in total. The van der Waals surface area contributed by atoms with Crippen LogP contribution in [-0.2, 0) is 6.54 Å². The van der Waals surface area contributed by atoms with Crippen LogP contribution in [0.1, 0.15) is 50.7 Å². The third-order valence-electron chi connectivity index (χ3n) is 4.65. The second kappa shape index (κ2) is 8.50. The third kappa shape index (κ3) is 4.39. The van der Waals surface area contributed by atoms with E-state index in [1.807, 2.05) is 6.07 Å². The summed E-state index contributed by atoms with van der Waals surface area (Å²) in [6.45, 7) is 7.33. The predicted molar refractivity (Wildman–Crippen MR) is 109 cm³/mol. The minimum Gasteiger partial charge on any atom is -0.296 e. The van der Waals surface area contributed by atoms with Crippen molar-refractivity contribution in [2.45, 2.75) is 55.1 Å². The van der Waals surface area contributed by atoms with Gasteiger partial charge in [-0.15, -0.1) is 10.2 Å². The largest absolute Gasteiger partial charge is 0.296 e. The van der Waals surface area contributed by atoms with E-state index in [1.165, 1.54) is 30.8 Å². The molecule has 0 atom stereocenters. The van der Waals surface area contributed by atoms with Crippen molar-refractivity contribution in [3.05, 3.63) is 42.0 Å². The Morgan fingerprint density at radius 3 is 2.56 bits per heavy atom. The van der Waals surface area contributed by atoms with Crippen LogP contribution in [0.3, 0.4) is 0 Å². The summed E-state index contributed by atoms with van der Waals surface area (Å²) in [5, 5.41) is 9.87. The summed E-state index contributed by atoms with van der Waals surface area (Å²) in [5.41, 5.74) is 1.09. The van der Waals surface area contributed by atoms with Crippen LogP contribution in [0.5, 0.6) is 0 Å². The van der Waals surface area contributed by atoms with Gasteiger partial charge in [-0.1, -0.05) is 38.5 Å². The van der Waals surface area contributed by atoms with E-state index >= 15 is 0 Å². The lowest BCUT2D eigenvalue weighted by Gasteiger charge is -2.26. The van der Waals surface area contributed by atoms with E-state index in [4.69, 9.17) is 0 Å². The highest BCUT2D eigenvalue weighted by atomic mass is 32.2. The molecule has 1 aliphatic rings. The fourth-order valence-electron chi connectivity index (χ4n) is 3.20. The van der Waals surface area contributed by atoms with Crippen LogP contribution in [0.15, 0.2) is 39.8 Å². The molecule has 0 aliphatic carbocycles.